The molecule has 1 aromatic carbocycles. The number of nitrogens with zero attached hydrogens (tertiary/aromatic N) is 3. The van der Waals surface area contributed by atoms with Crippen molar-refractivity contribution in [2.45, 2.75) is 15.9 Å². The Morgan fingerprint density at radius 1 is 1.25 bits per heavy atom. The second kappa shape index (κ2) is 6.56. The smallest absolute Gasteiger partial charge is 0.210 e. The molecule has 10 heteroatoms. The summed E-state index contributed by atoms with van der Waals surface area (Å²) in [5, 5.41) is 23.2. The molecule has 0 aliphatic heterocycles. The van der Waals surface area contributed by atoms with Gasteiger partial charge in [0.25, 0.3) is 0 Å². The lowest BCUT2D eigenvalue weighted by atomic mass is 10.2. The summed E-state index contributed by atoms with van der Waals surface area (Å²) in [6.07, 6.45) is 4.00. The molecule has 1 atom stereocenters. The number of hydrogen-bond donors (Lipinski definition) is 2. The highest BCUT2D eigenvalue weighted by Gasteiger charge is 2.22. The van der Waals surface area contributed by atoms with E-state index in [1.807, 2.05) is 0 Å². The number of sulfone groups is 1. The van der Waals surface area contributed by atoms with Crippen molar-refractivity contribution in [2.24, 2.45) is 0 Å². The van der Waals surface area contributed by atoms with Crippen molar-refractivity contribution in [3.8, 4) is 0 Å². The Bertz CT molecular complexity index is 949. The molecule has 0 bridgehead atoms. The van der Waals surface area contributed by atoms with Crippen LogP contribution in [0.5, 0.6) is 0 Å². The van der Waals surface area contributed by atoms with Gasteiger partial charge in [-0.1, -0.05) is 22.9 Å². The Kier molecular flexibility index (Phi) is 4.47. The Morgan fingerprint density at radius 3 is 2.67 bits per heavy atom. The number of aliphatic hydroxyl groups excluding tert-OH is 1. The van der Waals surface area contributed by atoms with E-state index < -0.39 is 15.9 Å². The maximum Gasteiger partial charge on any atom is 0.210 e. The third kappa shape index (κ3) is 3.23. The first-order valence-corrected chi connectivity index (χ1v) is 8.51. The van der Waals surface area contributed by atoms with Crippen molar-refractivity contribution in [1.29, 1.82) is 0 Å². The van der Waals surface area contributed by atoms with Gasteiger partial charge in [0.05, 0.1) is 11.2 Å². The number of halogens is 1. The fourth-order valence-corrected chi connectivity index (χ4v) is 3.43. The minimum absolute atomic E-state index is 0.0265. The van der Waals surface area contributed by atoms with E-state index in [4.69, 9.17) is 16.0 Å². The molecule has 24 heavy (non-hydrogen) atoms. The number of furan rings is 1. The van der Waals surface area contributed by atoms with E-state index in [0.29, 0.717) is 5.02 Å². The van der Waals surface area contributed by atoms with Crippen LogP contribution >= 0.6 is 11.6 Å². The number of H-pyrrole nitrogens is 1. The van der Waals surface area contributed by atoms with Crippen LogP contribution in [0.25, 0.3) is 6.08 Å². The Morgan fingerprint density at radius 2 is 2.00 bits per heavy atom. The molecular formula is C14H11ClN4O4S. The Balaban J connectivity index is 1.91. The first-order chi connectivity index (χ1) is 11.5. The second-order valence-electron chi connectivity index (χ2n) is 4.72. The van der Waals surface area contributed by atoms with Crippen molar-refractivity contribution >= 4 is 27.5 Å². The summed E-state index contributed by atoms with van der Waals surface area (Å²) in [6.45, 7) is 0. The summed E-state index contributed by atoms with van der Waals surface area (Å²) >= 11 is 5.78. The van der Waals surface area contributed by atoms with E-state index in [0.717, 1.165) is 6.26 Å². The van der Waals surface area contributed by atoms with Crippen LogP contribution < -0.4 is 0 Å². The van der Waals surface area contributed by atoms with Crippen molar-refractivity contribution in [2.75, 3.05) is 0 Å². The van der Waals surface area contributed by atoms with Gasteiger partial charge in [-0.25, -0.2) is 8.42 Å². The summed E-state index contributed by atoms with van der Waals surface area (Å²) < 4.78 is 30.3. The maximum atomic E-state index is 12.7. The van der Waals surface area contributed by atoms with Crippen LogP contribution in [0.15, 0.2) is 57.1 Å². The second-order valence-corrected chi connectivity index (χ2v) is 7.08. The van der Waals surface area contributed by atoms with E-state index >= 15 is 0 Å². The van der Waals surface area contributed by atoms with Crippen LogP contribution in [0.4, 0.5) is 0 Å². The van der Waals surface area contributed by atoms with Crippen LogP contribution in [0.2, 0.25) is 5.02 Å². The average molecular weight is 367 g/mol. The lowest BCUT2D eigenvalue weighted by Gasteiger charge is -2.03. The average Bonchev–Trinajstić information content (AvgIpc) is 3.24. The molecular weight excluding hydrogens is 356 g/mol. The molecule has 2 aromatic heterocycles. The molecule has 0 saturated heterocycles. The highest BCUT2D eigenvalue weighted by Crippen LogP contribution is 2.27. The number of aliphatic hydroxyl groups is 1. The third-order valence-corrected chi connectivity index (χ3v) is 5.21. The van der Waals surface area contributed by atoms with Gasteiger partial charge in [-0.3, -0.25) is 0 Å². The van der Waals surface area contributed by atoms with E-state index in [1.54, 1.807) is 0 Å². The van der Waals surface area contributed by atoms with E-state index in [1.165, 1.54) is 42.7 Å². The molecule has 2 N–H and O–H groups in total. The van der Waals surface area contributed by atoms with Gasteiger partial charge in [0, 0.05) is 10.6 Å². The van der Waals surface area contributed by atoms with Gasteiger partial charge in [0.2, 0.25) is 15.7 Å². The zero-order chi connectivity index (χ0) is 17.2. The van der Waals surface area contributed by atoms with Gasteiger partial charge in [-0.05, 0) is 30.3 Å². The summed E-state index contributed by atoms with van der Waals surface area (Å²) in [7, 11) is -3.78. The van der Waals surface area contributed by atoms with Gasteiger partial charge >= 0.3 is 0 Å². The van der Waals surface area contributed by atoms with Gasteiger partial charge in [-0.2, -0.15) is 5.21 Å². The van der Waals surface area contributed by atoms with Crippen molar-refractivity contribution in [3.63, 3.8) is 0 Å². The van der Waals surface area contributed by atoms with Crippen LogP contribution in [0.3, 0.4) is 0 Å². The number of hydrogen-bond acceptors (Lipinski definition) is 7. The van der Waals surface area contributed by atoms with Crippen molar-refractivity contribution < 1.29 is 17.9 Å². The highest BCUT2D eigenvalue weighted by molar-refractivity contribution is 7.91. The quantitative estimate of drug-likeness (QED) is 0.708. The number of tetrazole rings is 1. The van der Waals surface area contributed by atoms with Crippen LogP contribution in [0.1, 0.15) is 17.5 Å². The maximum absolute atomic E-state index is 12.7. The summed E-state index contributed by atoms with van der Waals surface area (Å²) in [5.74, 6) is 0.0665. The molecule has 0 amide bonds. The minimum Gasteiger partial charge on any atom is -0.471 e. The number of aromatic nitrogens is 4. The molecule has 0 aliphatic carbocycles. The standard InChI is InChI=1S/C14H11ClN4O4S/c15-10-2-4-11(5-3-10)24(21,22)13-8-23-7-9(13)1-6-12(20)14-16-18-19-17-14/h1-8,12,20H,(H,16,17,18,19). The molecule has 124 valence electrons. The third-order valence-electron chi connectivity index (χ3n) is 3.15. The lowest BCUT2D eigenvalue weighted by Crippen LogP contribution is -2.02. The summed E-state index contributed by atoms with van der Waals surface area (Å²) in [6, 6.07) is 5.80. The van der Waals surface area contributed by atoms with Gasteiger partial charge < -0.3 is 9.52 Å². The fourth-order valence-electron chi connectivity index (χ4n) is 1.95. The first kappa shape index (κ1) is 16.4. The molecule has 1 unspecified atom stereocenters. The molecule has 0 spiro atoms. The Hall–Kier alpha value is -2.49. The Labute approximate surface area is 141 Å². The zero-order valence-corrected chi connectivity index (χ0v) is 13.6. The molecule has 8 nitrogen and oxygen atoms in total. The molecule has 3 aromatic rings. The van der Waals surface area contributed by atoms with E-state index in [9.17, 15) is 13.5 Å². The van der Waals surface area contributed by atoms with Gasteiger partial charge in [-0.15, -0.1) is 10.2 Å². The summed E-state index contributed by atoms with van der Waals surface area (Å²) in [5.41, 5.74) is 0.285. The van der Waals surface area contributed by atoms with Gasteiger partial charge in [0.1, 0.15) is 17.3 Å². The van der Waals surface area contributed by atoms with Crippen LogP contribution in [-0.2, 0) is 9.84 Å². The van der Waals surface area contributed by atoms with Crippen molar-refractivity contribution in [3.05, 3.63) is 59.3 Å². The number of benzene rings is 1. The van der Waals surface area contributed by atoms with Gasteiger partial charge in [0.15, 0.2) is 0 Å². The predicted molar refractivity (Wildman–Crippen MR) is 83.8 cm³/mol. The molecule has 0 radical (unpaired) electrons. The summed E-state index contributed by atoms with van der Waals surface area (Å²) in [4.78, 5) is 0.0584. The monoisotopic (exact) mass is 366 g/mol. The SMILES string of the molecule is O=S(=O)(c1ccc(Cl)cc1)c1cocc1C=CC(O)c1nn[nH]n1. The molecule has 2 heterocycles. The number of nitrogens with one attached hydrogen (secondary N) is 1. The number of rotatable bonds is 5. The van der Waals surface area contributed by atoms with E-state index in [-0.39, 0.29) is 21.2 Å². The highest BCUT2D eigenvalue weighted by atomic mass is 35.5. The first-order valence-electron chi connectivity index (χ1n) is 6.65. The molecule has 0 aliphatic rings. The van der Waals surface area contributed by atoms with E-state index in [2.05, 4.69) is 20.6 Å². The fraction of sp³-hybridized carbons (Fsp3) is 0.0714. The lowest BCUT2D eigenvalue weighted by molar-refractivity contribution is 0.219. The van der Waals surface area contributed by atoms with Crippen molar-refractivity contribution in [1.82, 2.24) is 20.6 Å². The van der Waals surface area contributed by atoms with Crippen LogP contribution in [-0.4, -0.2) is 34.1 Å². The largest absolute Gasteiger partial charge is 0.471 e. The molecule has 3 rings (SSSR count). The predicted octanol–water partition coefficient (Wildman–Crippen LogP) is 2.03. The minimum atomic E-state index is -3.78. The molecule has 0 saturated carbocycles. The normalized spacial score (nSPS) is 13.4. The number of aromatic amines is 1. The zero-order valence-electron chi connectivity index (χ0n) is 12.0. The van der Waals surface area contributed by atoms with Crippen LogP contribution in [0, 0.1) is 0 Å². The topological polar surface area (TPSA) is 122 Å². The molecule has 0 fully saturated rings.